The second-order valence-electron chi connectivity index (χ2n) is 7.91. The second kappa shape index (κ2) is 6.76. The van der Waals surface area contributed by atoms with Crippen LogP contribution < -0.4 is 14.2 Å². The molecule has 30 heavy (non-hydrogen) atoms. The van der Waals surface area contributed by atoms with Crippen LogP contribution in [0.25, 0.3) is 0 Å². The summed E-state index contributed by atoms with van der Waals surface area (Å²) in [4.78, 5) is 0. The third kappa shape index (κ3) is 2.36. The van der Waals surface area contributed by atoms with Crippen LogP contribution in [-0.2, 0) is 11.2 Å². The minimum absolute atomic E-state index is 0.259. The highest BCUT2D eigenvalue weighted by Gasteiger charge is 2.72. The topological polar surface area (TPSA) is 68.2 Å². The van der Waals surface area contributed by atoms with E-state index in [1.165, 1.54) is 0 Å². The molecule has 2 N–H and O–H groups in total. The Morgan fingerprint density at radius 3 is 2.23 bits per heavy atom. The Morgan fingerprint density at radius 2 is 1.57 bits per heavy atom. The first-order chi connectivity index (χ1) is 14.5. The fraction of sp³-hybridized carbons (Fsp3) is 0.280. The number of hydrogen-bond acceptors (Lipinski definition) is 5. The van der Waals surface area contributed by atoms with Gasteiger partial charge in [-0.3, -0.25) is 0 Å². The number of aliphatic hydroxyl groups excluding tert-OH is 1. The standard InChI is InChI=1S/C25H24O5/c1-28-18-10-8-17(9-11-18)25-21(16-6-4-3-5-7-16)15-23(26)24(25,27)20-13-12-19(29-2)14-22(20)30-25/h3-14,21,23,26-27H,15H2,1-2H3. The Labute approximate surface area is 175 Å². The van der Waals surface area contributed by atoms with Crippen LogP contribution in [-0.4, -0.2) is 30.5 Å². The summed E-state index contributed by atoms with van der Waals surface area (Å²) in [5.74, 6) is 1.61. The predicted molar refractivity (Wildman–Crippen MR) is 112 cm³/mol. The van der Waals surface area contributed by atoms with E-state index in [1.807, 2.05) is 54.6 Å². The molecule has 1 aliphatic carbocycles. The van der Waals surface area contributed by atoms with E-state index in [9.17, 15) is 10.2 Å². The van der Waals surface area contributed by atoms with E-state index in [4.69, 9.17) is 14.2 Å². The minimum Gasteiger partial charge on any atom is -0.497 e. The molecule has 1 aliphatic heterocycles. The van der Waals surface area contributed by atoms with Crippen LogP contribution in [0.1, 0.15) is 29.0 Å². The van der Waals surface area contributed by atoms with Gasteiger partial charge in [0.25, 0.3) is 0 Å². The highest BCUT2D eigenvalue weighted by Crippen LogP contribution is 2.66. The van der Waals surface area contributed by atoms with E-state index in [0.717, 1.165) is 11.1 Å². The average molecular weight is 404 g/mol. The molecule has 0 bridgehead atoms. The summed E-state index contributed by atoms with van der Waals surface area (Å²) in [7, 11) is 3.21. The maximum Gasteiger partial charge on any atom is 0.176 e. The molecule has 0 radical (unpaired) electrons. The summed E-state index contributed by atoms with van der Waals surface area (Å²) in [5, 5.41) is 23.3. The molecule has 4 atom stereocenters. The van der Waals surface area contributed by atoms with Crippen LogP contribution in [0.3, 0.4) is 0 Å². The first-order valence-electron chi connectivity index (χ1n) is 10.0. The first kappa shape index (κ1) is 19.0. The zero-order chi connectivity index (χ0) is 20.9. The number of benzene rings is 3. The molecule has 0 amide bonds. The Kier molecular flexibility index (Phi) is 4.27. The molecule has 0 saturated heterocycles. The van der Waals surface area contributed by atoms with Crippen LogP contribution in [0.2, 0.25) is 0 Å². The van der Waals surface area contributed by atoms with Crippen molar-refractivity contribution in [3.8, 4) is 17.2 Å². The van der Waals surface area contributed by atoms with Gasteiger partial charge in [-0.25, -0.2) is 0 Å². The SMILES string of the molecule is COc1ccc(C23Oc4cc(OC)ccc4C2(O)C(O)CC3c2ccccc2)cc1. The highest BCUT2D eigenvalue weighted by atomic mass is 16.5. The van der Waals surface area contributed by atoms with Crippen molar-refractivity contribution in [1.82, 2.24) is 0 Å². The van der Waals surface area contributed by atoms with E-state index in [1.54, 1.807) is 32.4 Å². The molecule has 2 aliphatic rings. The van der Waals surface area contributed by atoms with Crippen molar-refractivity contribution in [3.63, 3.8) is 0 Å². The lowest BCUT2D eigenvalue weighted by Crippen LogP contribution is -2.51. The number of aliphatic hydroxyl groups is 2. The number of rotatable bonds is 4. The number of ether oxygens (including phenoxy) is 3. The third-order valence-electron chi connectivity index (χ3n) is 6.59. The lowest BCUT2D eigenvalue weighted by molar-refractivity contribution is -0.149. The maximum absolute atomic E-state index is 12.1. The van der Waals surface area contributed by atoms with Gasteiger partial charge in [-0.05, 0) is 41.8 Å². The number of fused-ring (bicyclic) bond motifs is 3. The molecule has 1 fully saturated rings. The molecule has 0 aromatic heterocycles. The van der Waals surface area contributed by atoms with E-state index in [0.29, 0.717) is 29.2 Å². The Balaban J connectivity index is 1.77. The van der Waals surface area contributed by atoms with Gasteiger partial charge >= 0.3 is 0 Å². The van der Waals surface area contributed by atoms with Gasteiger partial charge in [-0.15, -0.1) is 0 Å². The van der Waals surface area contributed by atoms with Gasteiger partial charge < -0.3 is 24.4 Å². The zero-order valence-corrected chi connectivity index (χ0v) is 16.9. The molecule has 3 aromatic rings. The molecule has 5 nitrogen and oxygen atoms in total. The van der Waals surface area contributed by atoms with Crippen LogP contribution in [0.4, 0.5) is 0 Å². The summed E-state index contributed by atoms with van der Waals surface area (Å²) >= 11 is 0. The van der Waals surface area contributed by atoms with Crippen molar-refractivity contribution >= 4 is 0 Å². The molecule has 154 valence electrons. The molecule has 4 unspecified atom stereocenters. The van der Waals surface area contributed by atoms with Crippen molar-refractivity contribution in [2.24, 2.45) is 0 Å². The van der Waals surface area contributed by atoms with Crippen molar-refractivity contribution in [3.05, 3.63) is 89.5 Å². The van der Waals surface area contributed by atoms with E-state index in [2.05, 4.69) is 0 Å². The number of methoxy groups -OCH3 is 2. The van der Waals surface area contributed by atoms with Crippen LogP contribution >= 0.6 is 0 Å². The normalized spacial score (nSPS) is 29.1. The molecular formula is C25H24O5. The fourth-order valence-corrected chi connectivity index (χ4v) is 5.18. The Hall–Kier alpha value is -3.02. The molecule has 1 heterocycles. The highest BCUT2D eigenvalue weighted by molar-refractivity contribution is 5.56. The summed E-state index contributed by atoms with van der Waals surface area (Å²) in [6.45, 7) is 0. The molecule has 3 aromatic carbocycles. The summed E-state index contributed by atoms with van der Waals surface area (Å²) in [5.41, 5.74) is -0.433. The zero-order valence-electron chi connectivity index (χ0n) is 16.9. The van der Waals surface area contributed by atoms with Gasteiger partial charge in [-0.1, -0.05) is 42.5 Å². The quantitative estimate of drug-likeness (QED) is 0.694. The van der Waals surface area contributed by atoms with Gasteiger partial charge in [0.15, 0.2) is 11.2 Å². The lowest BCUT2D eigenvalue weighted by Gasteiger charge is -2.40. The summed E-state index contributed by atoms with van der Waals surface area (Å²) in [6.07, 6.45) is -0.627. The van der Waals surface area contributed by atoms with E-state index < -0.39 is 17.3 Å². The van der Waals surface area contributed by atoms with Crippen LogP contribution in [0.5, 0.6) is 17.2 Å². The van der Waals surface area contributed by atoms with Crippen molar-refractivity contribution in [2.75, 3.05) is 14.2 Å². The summed E-state index contributed by atoms with van der Waals surface area (Å²) in [6, 6.07) is 22.8. The largest absolute Gasteiger partial charge is 0.497 e. The number of hydrogen-bond donors (Lipinski definition) is 2. The van der Waals surface area contributed by atoms with Gasteiger partial charge in [0.2, 0.25) is 0 Å². The average Bonchev–Trinajstić information content (AvgIpc) is 3.19. The van der Waals surface area contributed by atoms with Gasteiger partial charge in [0.05, 0.1) is 20.3 Å². The van der Waals surface area contributed by atoms with Gasteiger partial charge in [-0.2, -0.15) is 0 Å². The van der Waals surface area contributed by atoms with Crippen LogP contribution in [0.15, 0.2) is 72.8 Å². The minimum atomic E-state index is -1.61. The molecule has 5 heteroatoms. The molecular weight excluding hydrogens is 380 g/mol. The van der Waals surface area contributed by atoms with Crippen LogP contribution in [0, 0.1) is 0 Å². The van der Waals surface area contributed by atoms with E-state index >= 15 is 0 Å². The second-order valence-corrected chi connectivity index (χ2v) is 7.91. The summed E-state index contributed by atoms with van der Waals surface area (Å²) < 4.78 is 17.3. The Bertz CT molecular complexity index is 1060. The van der Waals surface area contributed by atoms with Gasteiger partial charge in [0.1, 0.15) is 17.2 Å². The Morgan fingerprint density at radius 1 is 0.900 bits per heavy atom. The van der Waals surface area contributed by atoms with Crippen molar-refractivity contribution in [1.29, 1.82) is 0 Å². The lowest BCUT2D eigenvalue weighted by atomic mass is 9.71. The van der Waals surface area contributed by atoms with Crippen molar-refractivity contribution in [2.45, 2.75) is 29.6 Å². The predicted octanol–water partition coefficient (Wildman–Crippen LogP) is 3.73. The monoisotopic (exact) mass is 404 g/mol. The van der Waals surface area contributed by atoms with Gasteiger partial charge in [0, 0.05) is 17.5 Å². The molecule has 1 saturated carbocycles. The smallest absolute Gasteiger partial charge is 0.176 e. The van der Waals surface area contributed by atoms with Crippen molar-refractivity contribution < 1.29 is 24.4 Å². The molecule has 5 rings (SSSR count). The fourth-order valence-electron chi connectivity index (χ4n) is 5.18. The maximum atomic E-state index is 12.1. The molecule has 0 spiro atoms. The van der Waals surface area contributed by atoms with E-state index in [-0.39, 0.29) is 5.92 Å². The first-order valence-corrected chi connectivity index (χ1v) is 10.0. The third-order valence-corrected chi connectivity index (χ3v) is 6.59.